The molecule has 7 nitrogen and oxygen atoms in total. The van der Waals surface area contributed by atoms with Gasteiger partial charge in [-0.25, -0.2) is 9.50 Å². The van der Waals surface area contributed by atoms with Gasteiger partial charge < -0.3 is 10.1 Å². The number of nitrogens with one attached hydrogen (secondary N) is 1. The van der Waals surface area contributed by atoms with Crippen LogP contribution in [0.4, 0.5) is 0 Å². The number of hydrogen-bond donors (Lipinski definition) is 1. The first kappa shape index (κ1) is 20.5. The second-order valence-corrected chi connectivity index (χ2v) is 7.18. The van der Waals surface area contributed by atoms with Crippen molar-refractivity contribution in [1.82, 2.24) is 19.9 Å². The lowest BCUT2D eigenvalue weighted by Crippen LogP contribution is -2.28. The molecule has 0 aliphatic carbocycles. The van der Waals surface area contributed by atoms with Gasteiger partial charge in [-0.15, -0.1) is 0 Å². The number of benzene rings is 1. The molecule has 29 heavy (non-hydrogen) atoms. The van der Waals surface area contributed by atoms with E-state index in [0.717, 1.165) is 39.4 Å². The van der Waals surface area contributed by atoms with Crippen LogP contribution < -0.4 is 5.32 Å². The van der Waals surface area contributed by atoms with Crippen molar-refractivity contribution >= 4 is 17.5 Å². The Morgan fingerprint density at radius 3 is 2.66 bits per heavy atom. The maximum Gasteiger partial charge on any atom is 0.306 e. The zero-order chi connectivity index (χ0) is 21.0. The van der Waals surface area contributed by atoms with Crippen molar-refractivity contribution in [2.24, 2.45) is 0 Å². The van der Waals surface area contributed by atoms with Crippen LogP contribution in [0.3, 0.4) is 0 Å². The first-order valence-corrected chi connectivity index (χ1v) is 9.64. The summed E-state index contributed by atoms with van der Waals surface area (Å²) in [6.07, 6.45) is 0.670. The van der Waals surface area contributed by atoms with Gasteiger partial charge in [0.1, 0.15) is 0 Å². The van der Waals surface area contributed by atoms with E-state index in [1.807, 2.05) is 58.0 Å². The van der Waals surface area contributed by atoms with Gasteiger partial charge in [0.05, 0.1) is 5.69 Å². The summed E-state index contributed by atoms with van der Waals surface area (Å²) in [6.45, 7) is 7.93. The van der Waals surface area contributed by atoms with Crippen LogP contribution in [0, 0.1) is 27.7 Å². The van der Waals surface area contributed by atoms with Crippen LogP contribution in [0.25, 0.3) is 5.65 Å². The summed E-state index contributed by atoms with van der Waals surface area (Å²) in [7, 11) is 0. The Hall–Kier alpha value is -3.22. The van der Waals surface area contributed by atoms with Gasteiger partial charge in [-0.3, -0.25) is 9.59 Å². The predicted molar refractivity (Wildman–Crippen MR) is 110 cm³/mol. The number of carbonyl (C=O) groups excluding carboxylic acids is 2. The maximum atomic E-state index is 12.1. The monoisotopic (exact) mass is 394 g/mol. The fraction of sp³-hybridized carbons (Fsp3) is 0.364. The molecule has 3 rings (SSSR count). The lowest BCUT2D eigenvalue weighted by atomic mass is 10.1. The fourth-order valence-corrected chi connectivity index (χ4v) is 3.30. The maximum absolute atomic E-state index is 12.1. The Kier molecular flexibility index (Phi) is 6.26. The van der Waals surface area contributed by atoms with E-state index in [1.165, 1.54) is 0 Å². The van der Waals surface area contributed by atoms with Gasteiger partial charge in [0.25, 0.3) is 5.91 Å². The van der Waals surface area contributed by atoms with Crippen molar-refractivity contribution in [3.05, 3.63) is 64.1 Å². The molecule has 0 fully saturated rings. The first-order chi connectivity index (χ1) is 13.8. The highest BCUT2D eigenvalue weighted by atomic mass is 16.5. The number of rotatable bonds is 7. The molecular weight excluding hydrogens is 368 g/mol. The molecule has 2 aromatic heterocycles. The highest BCUT2D eigenvalue weighted by Gasteiger charge is 2.14. The van der Waals surface area contributed by atoms with Crippen LogP contribution in [-0.2, 0) is 27.3 Å². The highest BCUT2D eigenvalue weighted by molar-refractivity contribution is 5.80. The van der Waals surface area contributed by atoms with E-state index in [-0.39, 0.29) is 18.9 Å². The number of esters is 1. The first-order valence-electron chi connectivity index (χ1n) is 9.64. The van der Waals surface area contributed by atoms with Crippen LogP contribution in [0.5, 0.6) is 0 Å². The minimum Gasteiger partial charge on any atom is -0.456 e. The molecule has 0 saturated carbocycles. The van der Waals surface area contributed by atoms with Gasteiger partial charge in [0, 0.05) is 30.4 Å². The molecule has 0 aliphatic rings. The number of fused-ring (bicyclic) bond motifs is 1. The van der Waals surface area contributed by atoms with Crippen molar-refractivity contribution in [3.63, 3.8) is 0 Å². The number of amides is 1. The summed E-state index contributed by atoms with van der Waals surface area (Å²) in [5.41, 5.74) is 6.65. The van der Waals surface area contributed by atoms with Crippen molar-refractivity contribution in [2.75, 3.05) is 6.61 Å². The third kappa shape index (κ3) is 4.99. The second kappa shape index (κ2) is 8.86. The highest BCUT2D eigenvalue weighted by Crippen LogP contribution is 2.17. The molecule has 0 aliphatic heterocycles. The molecule has 152 valence electrons. The number of nitrogens with zero attached hydrogens (tertiary/aromatic N) is 3. The SMILES string of the molecule is Cc1cc2nc(C)c(CCC(=O)OCC(=O)NCc3ccccc3C)c(C)n2n1. The molecule has 0 saturated heterocycles. The Labute approximate surface area is 170 Å². The molecule has 0 unspecified atom stereocenters. The molecule has 0 bridgehead atoms. The molecule has 0 radical (unpaired) electrons. The Bertz CT molecular complexity index is 1060. The van der Waals surface area contributed by atoms with Crippen LogP contribution in [0.1, 0.15) is 40.2 Å². The standard InChI is InChI=1S/C22H26N4O3/c1-14-7-5-6-8-18(14)12-23-21(27)13-29-22(28)10-9-19-16(3)24-20-11-15(2)25-26(20)17(19)4/h5-8,11H,9-10,12-13H2,1-4H3,(H,23,27). The lowest BCUT2D eigenvalue weighted by Gasteiger charge is -2.11. The zero-order valence-corrected chi connectivity index (χ0v) is 17.3. The van der Waals surface area contributed by atoms with Gasteiger partial charge in [0.2, 0.25) is 0 Å². The normalized spacial score (nSPS) is 10.9. The van der Waals surface area contributed by atoms with Crippen LogP contribution >= 0.6 is 0 Å². The molecule has 1 aromatic carbocycles. The largest absolute Gasteiger partial charge is 0.456 e. The average molecular weight is 394 g/mol. The predicted octanol–water partition coefficient (Wildman–Crippen LogP) is 2.76. The summed E-state index contributed by atoms with van der Waals surface area (Å²) in [6, 6.07) is 9.75. The summed E-state index contributed by atoms with van der Waals surface area (Å²) in [5.74, 6) is -0.726. The minimum atomic E-state index is -0.411. The Morgan fingerprint density at radius 1 is 1.14 bits per heavy atom. The third-order valence-corrected chi connectivity index (χ3v) is 4.97. The summed E-state index contributed by atoms with van der Waals surface area (Å²) >= 11 is 0. The molecule has 1 amide bonds. The second-order valence-electron chi connectivity index (χ2n) is 7.18. The molecule has 7 heteroatoms. The van der Waals surface area contributed by atoms with Gasteiger partial charge in [0.15, 0.2) is 12.3 Å². The van der Waals surface area contributed by atoms with Gasteiger partial charge in [-0.05, 0) is 50.8 Å². The van der Waals surface area contributed by atoms with Crippen LogP contribution in [0.15, 0.2) is 30.3 Å². The molecular formula is C22H26N4O3. The molecule has 3 aromatic rings. The number of carbonyl (C=O) groups is 2. The van der Waals surface area contributed by atoms with E-state index in [0.29, 0.717) is 13.0 Å². The summed E-state index contributed by atoms with van der Waals surface area (Å²) in [4.78, 5) is 28.6. The van der Waals surface area contributed by atoms with Crippen LogP contribution in [0.2, 0.25) is 0 Å². The Balaban J connectivity index is 1.49. The van der Waals surface area contributed by atoms with E-state index in [1.54, 1.807) is 4.52 Å². The molecule has 0 spiro atoms. The van der Waals surface area contributed by atoms with Crippen molar-refractivity contribution in [1.29, 1.82) is 0 Å². The van der Waals surface area contributed by atoms with Gasteiger partial charge >= 0.3 is 5.97 Å². The average Bonchev–Trinajstić information content (AvgIpc) is 3.05. The van der Waals surface area contributed by atoms with E-state index in [4.69, 9.17) is 4.74 Å². The summed E-state index contributed by atoms with van der Waals surface area (Å²) < 4.78 is 6.92. The van der Waals surface area contributed by atoms with Crippen molar-refractivity contribution in [2.45, 2.75) is 47.1 Å². The smallest absolute Gasteiger partial charge is 0.306 e. The molecule has 1 N–H and O–H groups in total. The van der Waals surface area contributed by atoms with Gasteiger partial charge in [-0.1, -0.05) is 24.3 Å². The molecule has 2 heterocycles. The fourth-order valence-electron chi connectivity index (χ4n) is 3.30. The summed E-state index contributed by atoms with van der Waals surface area (Å²) in [5, 5.41) is 7.21. The van der Waals surface area contributed by atoms with E-state index in [9.17, 15) is 9.59 Å². The van der Waals surface area contributed by atoms with E-state index < -0.39 is 5.97 Å². The number of aryl methyl sites for hydroxylation is 4. The number of ether oxygens (including phenoxy) is 1. The van der Waals surface area contributed by atoms with Crippen LogP contribution in [-0.4, -0.2) is 33.1 Å². The third-order valence-electron chi connectivity index (χ3n) is 4.97. The lowest BCUT2D eigenvalue weighted by molar-refractivity contribution is -0.148. The van der Waals surface area contributed by atoms with Crippen molar-refractivity contribution in [3.8, 4) is 0 Å². The zero-order valence-electron chi connectivity index (χ0n) is 17.3. The van der Waals surface area contributed by atoms with E-state index >= 15 is 0 Å². The van der Waals surface area contributed by atoms with Crippen molar-refractivity contribution < 1.29 is 14.3 Å². The minimum absolute atomic E-state index is 0.181. The van der Waals surface area contributed by atoms with E-state index in [2.05, 4.69) is 15.4 Å². The Morgan fingerprint density at radius 2 is 1.90 bits per heavy atom. The van der Waals surface area contributed by atoms with Gasteiger partial charge in [-0.2, -0.15) is 5.10 Å². The quantitative estimate of drug-likeness (QED) is 0.623. The molecule has 0 atom stereocenters. The number of aromatic nitrogens is 3. The topological polar surface area (TPSA) is 85.6 Å². The number of hydrogen-bond acceptors (Lipinski definition) is 5.